The quantitative estimate of drug-likeness (QED) is 0.556. The SMILES string of the molecule is N[C@@H](Cc1ccccc1)c1nc(-c2cccc([N+](=O)[O-])c2)n[nH]1. The van der Waals surface area contributed by atoms with E-state index in [-0.39, 0.29) is 11.7 Å². The standard InChI is InChI=1S/C16H15N5O2/c17-14(9-11-5-2-1-3-6-11)16-18-15(19-20-16)12-7-4-8-13(10-12)21(22)23/h1-8,10,14H,9,17H2,(H,18,19,20)/t14-/m0/s1. The molecule has 0 aliphatic rings. The van der Waals surface area contributed by atoms with Gasteiger partial charge in [0.2, 0.25) is 0 Å². The first kappa shape index (κ1) is 14.9. The van der Waals surface area contributed by atoms with Crippen LogP contribution in [0.1, 0.15) is 17.4 Å². The van der Waals surface area contributed by atoms with Gasteiger partial charge in [-0.2, -0.15) is 5.10 Å². The summed E-state index contributed by atoms with van der Waals surface area (Å²) in [7, 11) is 0. The highest BCUT2D eigenvalue weighted by atomic mass is 16.6. The van der Waals surface area contributed by atoms with E-state index in [1.165, 1.54) is 12.1 Å². The Balaban J connectivity index is 1.80. The van der Waals surface area contributed by atoms with Crippen LogP contribution in [0.25, 0.3) is 11.4 Å². The van der Waals surface area contributed by atoms with Crippen LogP contribution in [0.3, 0.4) is 0 Å². The molecule has 0 amide bonds. The van der Waals surface area contributed by atoms with Gasteiger partial charge in [-0.15, -0.1) is 0 Å². The van der Waals surface area contributed by atoms with E-state index in [1.54, 1.807) is 12.1 Å². The lowest BCUT2D eigenvalue weighted by Gasteiger charge is -2.07. The van der Waals surface area contributed by atoms with Gasteiger partial charge in [-0.05, 0) is 12.0 Å². The minimum atomic E-state index is -0.446. The Morgan fingerprint density at radius 3 is 2.70 bits per heavy atom. The van der Waals surface area contributed by atoms with Gasteiger partial charge < -0.3 is 5.73 Å². The number of non-ortho nitro benzene ring substituents is 1. The maximum atomic E-state index is 10.8. The van der Waals surface area contributed by atoms with Gasteiger partial charge in [0, 0.05) is 17.7 Å². The highest BCUT2D eigenvalue weighted by Crippen LogP contribution is 2.22. The average molecular weight is 309 g/mol. The molecule has 0 aliphatic heterocycles. The number of nitro groups is 1. The fraction of sp³-hybridized carbons (Fsp3) is 0.125. The Hall–Kier alpha value is -3.06. The van der Waals surface area contributed by atoms with E-state index in [0.717, 1.165) is 5.56 Å². The van der Waals surface area contributed by atoms with Gasteiger partial charge >= 0.3 is 0 Å². The third-order valence-corrected chi connectivity index (χ3v) is 3.47. The molecule has 2 aromatic carbocycles. The first-order valence-electron chi connectivity index (χ1n) is 7.10. The Morgan fingerprint density at radius 2 is 1.96 bits per heavy atom. The molecule has 7 nitrogen and oxygen atoms in total. The lowest BCUT2D eigenvalue weighted by molar-refractivity contribution is -0.384. The number of nitrogens with zero attached hydrogens (tertiary/aromatic N) is 3. The molecule has 0 saturated carbocycles. The molecular formula is C16H15N5O2. The number of benzene rings is 2. The van der Waals surface area contributed by atoms with E-state index in [4.69, 9.17) is 5.73 Å². The number of hydrogen-bond donors (Lipinski definition) is 2. The summed E-state index contributed by atoms with van der Waals surface area (Å²) in [6.45, 7) is 0. The number of H-pyrrole nitrogens is 1. The summed E-state index contributed by atoms with van der Waals surface area (Å²) in [5, 5.41) is 17.8. The first-order valence-corrected chi connectivity index (χ1v) is 7.10. The van der Waals surface area contributed by atoms with Crippen molar-refractivity contribution in [3.63, 3.8) is 0 Å². The number of hydrogen-bond acceptors (Lipinski definition) is 5. The molecular weight excluding hydrogens is 294 g/mol. The summed E-state index contributed by atoms with van der Waals surface area (Å²) in [6.07, 6.45) is 0.629. The van der Waals surface area contributed by atoms with Gasteiger partial charge in [-0.25, -0.2) is 4.98 Å². The number of rotatable bonds is 5. The van der Waals surface area contributed by atoms with Crippen LogP contribution in [0.2, 0.25) is 0 Å². The zero-order valence-electron chi connectivity index (χ0n) is 12.2. The topological polar surface area (TPSA) is 111 Å². The van der Waals surface area contributed by atoms with Gasteiger partial charge in [-0.3, -0.25) is 15.2 Å². The van der Waals surface area contributed by atoms with E-state index < -0.39 is 4.92 Å². The Bertz CT molecular complexity index is 816. The van der Waals surface area contributed by atoms with Crippen molar-refractivity contribution in [1.82, 2.24) is 15.2 Å². The van der Waals surface area contributed by atoms with E-state index in [0.29, 0.717) is 23.6 Å². The van der Waals surface area contributed by atoms with Crippen molar-refractivity contribution in [3.8, 4) is 11.4 Å². The van der Waals surface area contributed by atoms with E-state index in [1.807, 2.05) is 30.3 Å². The second kappa shape index (κ2) is 6.37. The number of aromatic nitrogens is 3. The van der Waals surface area contributed by atoms with Crippen LogP contribution in [0.4, 0.5) is 5.69 Å². The first-order chi connectivity index (χ1) is 11.1. The summed E-state index contributed by atoms with van der Waals surface area (Å²) in [4.78, 5) is 14.8. The normalized spacial score (nSPS) is 12.0. The van der Waals surface area contributed by atoms with Crippen LogP contribution in [-0.4, -0.2) is 20.1 Å². The van der Waals surface area contributed by atoms with E-state index in [9.17, 15) is 10.1 Å². The summed E-state index contributed by atoms with van der Waals surface area (Å²) < 4.78 is 0. The zero-order valence-corrected chi connectivity index (χ0v) is 12.2. The minimum absolute atomic E-state index is 0.00225. The molecule has 0 unspecified atom stereocenters. The Kier molecular flexibility index (Phi) is 4.11. The molecule has 1 aromatic heterocycles. The number of nitrogens with one attached hydrogen (secondary N) is 1. The molecule has 3 rings (SSSR count). The summed E-state index contributed by atoms with van der Waals surface area (Å²) in [5.74, 6) is 0.947. The molecule has 1 heterocycles. The summed E-state index contributed by atoms with van der Waals surface area (Å²) in [5.41, 5.74) is 7.84. The predicted molar refractivity (Wildman–Crippen MR) is 85.5 cm³/mol. The smallest absolute Gasteiger partial charge is 0.270 e. The van der Waals surface area contributed by atoms with Gasteiger partial charge in [-0.1, -0.05) is 42.5 Å². The zero-order chi connectivity index (χ0) is 16.2. The van der Waals surface area contributed by atoms with Crippen LogP contribution < -0.4 is 5.73 Å². The Labute approximate surface area is 132 Å². The number of nitrogens with two attached hydrogens (primary N) is 1. The van der Waals surface area contributed by atoms with Crippen LogP contribution in [0, 0.1) is 10.1 Å². The van der Waals surface area contributed by atoms with Crippen molar-refractivity contribution >= 4 is 5.69 Å². The number of nitro benzene ring substituents is 1. The molecule has 0 aliphatic carbocycles. The lowest BCUT2D eigenvalue weighted by Crippen LogP contribution is -2.15. The molecule has 0 spiro atoms. The molecule has 0 bridgehead atoms. The molecule has 0 radical (unpaired) electrons. The van der Waals surface area contributed by atoms with Gasteiger partial charge in [0.25, 0.3) is 5.69 Å². The third kappa shape index (κ3) is 3.41. The van der Waals surface area contributed by atoms with Crippen molar-refractivity contribution in [1.29, 1.82) is 0 Å². The number of aromatic amines is 1. The van der Waals surface area contributed by atoms with Crippen LogP contribution in [-0.2, 0) is 6.42 Å². The fourth-order valence-corrected chi connectivity index (χ4v) is 2.29. The van der Waals surface area contributed by atoms with Crippen LogP contribution in [0.15, 0.2) is 54.6 Å². The fourth-order valence-electron chi connectivity index (χ4n) is 2.29. The molecule has 1 atom stereocenters. The maximum absolute atomic E-state index is 10.8. The molecule has 3 N–H and O–H groups in total. The largest absolute Gasteiger partial charge is 0.321 e. The lowest BCUT2D eigenvalue weighted by atomic mass is 10.1. The van der Waals surface area contributed by atoms with Crippen molar-refractivity contribution in [2.75, 3.05) is 0 Å². The monoisotopic (exact) mass is 309 g/mol. The predicted octanol–water partition coefficient (Wildman–Crippen LogP) is 2.62. The van der Waals surface area contributed by atoms with E-state index in [2.05, 4.69) is 15.2 Å². The second-order valence-electron chi connectivity index (χ2n) is 5.15. The van der Waals surface area contributed by atoms with Crippen molar-refractivity contribution in [2.45, 2.75) is 12.5 Å². The average Bonchev–Trinajstić information content (AvgIpc) is 3.06. The molecule has 7 heteroatoms. The Morgan fingerprint density at radius 1 is 1.17 bits per heavy atom. The molecule has 0 fully saturated rings. The molecule has 3 aromatic rings. The van der Waals surface area contributed by atoms with Gasteiger partial charge in [0.1, 0.15) is 5.82 Å². The maximum Gasteiger partial charge on any atom is 0.270 e. The van der Waals surface area contributed by atoms with Crippen molar-refractivity contribution in [2.24, 2.45) is 5.73 Å². The highest BCUT2D eigenvalue weighted by Gasteiger charge is 2.15. The second-order valence-corrected chi connectivity index (χ2v) is 5.15. The van der Waals surface area contributed by atoms with Gasteiger partial charge in [0.05, 0.1) is 11.0 Å². The highest BCUT2D eigenvalue weighted by molar-refractivity contribution is 5.58. The minimum Gasteiger partial charge on any atom is -0.321 e. The van der Waals surface area contributed by atoms with Crippen LogP contribution >= 0.6 is 0 Å². The summed E-state index contributed by atoms with van der Waals surface area (Å²) in [6, 6.07) is 15.7. The summed E-state index contributed by atoms with van der Waals surface area (Å²) >= 11 is 0. The van der Waals surface area contributed by atoms with Crippen LogP contribution in [0.5, 0.6) is 0 Å². The third-order valence-electron chi connectivity index (χ3n) is 3.47. The molecule has 23 heavy (non-hydrogen) atoms. The van der Waals surface area contributed by atoms with E-state index >= 15 is 0 Å². The van der Waals surface area contributed by atoms with Gasteiger partial charge in [0.15, 0.2) is 5.82 Å². The van der Waals surface area contributed by atoms with Crippen molar-refractivity contribution < 1.29 is 4.92 Å². The molecule has 0 saturated heterocycles. The van der Waals surface area contributed by atoms with Crippen molar-refractivity contribution in [3.05, 3.63) is 76.1 Å². The molecule has 116 valence electrons.